The highest BCUT2D eigenvalue weighted by atomic mass is 16.2. The van der Waals surface area contributed by atoms with Gasteiger partial charge in [0.05, 0.1) is 11.1 Å². The molecule has 8 heteroatoms. The van der Waals surface area contributed by atoms with Gasteiger partial charge in [0.1, 0.15) is 6.04 Å². The summed E-state index contributed by atoms with van der Waals surface area (Å²) < 4.78 is 0. The molecule has 0 radical (unpaired) electrons. The Hall–Kier alpha value is -3.52. The summed E-state index contributed by atoms with van der Waals surface area (Å²) in [7, 11) is 0. The summed E-state index contributed by atoms with van der Waals surface area (Å²) in [5.74, 6) is -1.96. The average molecular weight is 432 g/mol. The number of nitrogens with one attached hydrogen (secondary N) is 3. The largest absolute Gasteiger partial charge is 0.382 e. The number of nitrogens with zero attached hydrogens (tertiary/aromatic N) is 1. The molecular weight excluding hydrogens is 408 g/mol. The second-order valence-corrected chi connectivity index (χ2v) is 8.49. The molecular formula is C24H24N4O4. The van der Waals surface area contributed by atoms with Crippen LogP contribution in [0.15, 0.2) is 48.5 Å². The number of carbonyl (C=O) groups excluding carboxylic acids is 4. The maximum Gasteiger partial charge on any atom is 0.262 e. The summed E-state index contributed by atoms with van der Waals surface area (Å²) in [5, 5.41) is 9.27. The molecule has 2 aromatic rings. The zero-order valence-electron chi connectivity index (χ0n) is 17.5. The predicted molar refractivity (Wildman–Crippen MR) is 117 cm³/mol. The molecule has 4 amide bonds. The lowest BCUT2D eigenvalue weighted by Gasteiger charge is -2.32. The van der Waals surface area contributed by atoms with Crippen LogP contribution in [0.2, 0.25) is 0 Å². The van der Waals surface area contributed by atoms with E-state index in [1.165, 1.54) is 5.56 Å². The lowest BCUT2D eigenvalue weighted by molar-refractivity contribution is -0.136. The molecule has 0 spiro atoms. The first-order valence-electron chi connectivity index (χ1n) is 10.9. The zero-order valence-corrected chi connectivity index (χ0v) is 17.5. The van der Waals surface area contributed by atoms with Crippen molar-refractivity contribution in [1.82, 2.24) is 15.5 Å². The number of amides is 4. The highest BCUT2D eigenvalue weighted by Gasteiger charge is 2.44. The number of fused-ring (bicyclic) bond motifs is 1. The van der Waals surface area contributed by atoms with Crippen molar-refractivity contribution in [3.8, 4) is 0 Å². The summed E-state index contributed by atoms with van der Waals surface area (Å²) in [6, 6.07) is 15.0. The molecule has 2 aromatic carbocycles. The van der Waals surface area contributed by atoms with E-state index in [0.717, 1.165) is 30.0 Å². The molecule has 3 aliphatic heterocycles. The van der Waals surface area contributed by atoms with Crippen molar-refractivity contribution < 1.29 is 19.2 Å². The van der Waals surface area contributed by atoms with E-state index in [9.17, 15) is 19.2 Å². The molecule has 0 saturated carbocycles. The minimum absolute atomic E-state index is 0.106. The second-order valence-electron chi connectivity index (χ2n) is 8.49. The van der Waals surface area contributed by atoms with Crippen molar-refractivity contribution >= 4 is 29.3 Å². The van der Waals surface area contributed by atoms with Crippen LogP contribution in [-0.4, -0.2) is 47.2 Å². The van der Waals surface area contributed by atoms with Crippen LogP contribution < -0.4 is 16.0 Å². The molecule has 3 N–H and O–H groups in total. The van der Waals surface area contributed by atoms with E-state index in [4.69, 9.17) is 0 Å². The molecule has 8 nitrogen and oxygen atoms in total. The van der Waals surface area contributed by atoms with E-state index in [2.05, 4.69) is 28.1 Å². The third-order valence-electron chi connectivity index (χ3n) is 6.42. The van der Waals surface area contributed by atoms with Gasteiger partial charge in [-0.3, -0.25) is 29.4 Å². The van der Waals surface area contributed by atoms with Gasteiger partial charge in [0, 0.05) is 24.2 Å². The van der Waals surface area contributed by atoms with Crippen molar-refractivity contribution in [2.75, 3.05) is 11.9 Å². The molecule has 0 aromatic heterocycles. The Balaban J connectivity index is 1.32. The number of carbonyl (C=O) groups is 4. The number of imide groups is 2. The van der Waals surface area contributed by atoms with Crippen LogP contribution in [0.25, 0.3) is 0 Å². The second kappa shape index (κ2) is 8.20. The molecule has 3 aliphatic rings. The van der Waals surface area contributed by atoms with E-state index in [1.54, 1.807) is 18.2 Å². The van der Waals surface area contributed by atoms with Gasteiger partial charge in [0.25, 0.3) is 11.8 Å². The van der Waals surface area contributed by atoms with E-state index in [1.807, 2.05) is 18.2 Å². The molecule has 3 atom stereocenters. The van der Waals surface area contributed by atoms with Gasteiger partial charge < -0.3 is 10.6 Å². The molecule has 5 rings (SSSR count). The first kappa shape index (κ1) is 20.4. The monoisotopic (exact) mass is 432 g/mol. The van der Waals surface area contributed by atoms with Crippen LogP contribution in [0.4, 0.5) is 5.69 Å². The van der Waals surface area contributed by atoms with E-state index in [0.29, 0.717) is 5.56 Å². The van der Waals surface area contributed by atoms with Gasteiger partial charge in [0.15, 0.2) is 0 Å². The maximum absolute atomic E-state index is 13.0. The molecule has 3 unspecified atom stereocenters. The summed E-state index contributed by atoms with van der Waals surface area (Å²) in [5.41, 5.74) is 2.60. The standard InChI is InChI=1S/C24H24N4O4/c29-21-9-8-20(22(30)27-21)28-23(31)17-7-6-15(12-18(17)24(28)32)26-16-10-11-25-19(13-16)14-4-2-1-3-5-14/h1-7,12,16,19-20,25-26H,8-11,13H2,(H,27,29,30). The fourth-order valence-corrected chi connectivity index (χ4v) is 4.78. The highest BCUT2D eigenvalue weighted by molar-refractivity contribution is 6.23. The quantitative estimate of drug-likeness (QED) is 0.638. The van der Waals surface area contributed by atoms with Crippen LogP contribution in [-0.2, 0) is 9.59 Å². The zero-order chi connectivity index (χ0) is 22.2. The van der Waals surface area contributed by atoms with Gasteiger partial charge in [-0.15, -0.1) is 0 Å². The molecule has 164 valence electrons. The number of anilines is 1. The van der Waals surface area contributed by atoms with Crippen molar-refractivity contribution in [3.63, 3.8) is 0 Å². The number of rotatable bonds is 4. The summed E-state index contributed by atoms with van der Waals surface area (Å²) >= 11 is 0. The summed E-state index contributed by atoms with van der Waals surface area (Å²) in [4.78, 5) is 50.5. The average Bonchev–Trinajstić information content (AvgIpc) is 3.04. The van der Waals surface area contributed by atoms with Crippen molar-refractivity contribution in [2.24, 2.45) is 0 Å². The molecule has 32 heavy (non-hydrogen) atoms. The Kier molecular flexibility index (Phi) is 5.22. The Morgan fingerprint density at radius 3 is 2.47 bits per heavy atom. The van der Waals surface area contributed by atoms with E-state index in [-0.39, 0.29) is 36.4 Å². The van der Waals surface area contributed by atoms with Gasteiger partial charge in [-0.2, -0.15) is 0 Å². The van der Waals surface area contributed by atoms with Gasteiger partial charge in [0.2, 0.25) is 11.8 Å². The molecule has 0 aliphatic carbocycles. The van der Waals surface area contributed by atoms with E-state index >= 15 is 0 Å². The number of hydrogen-bond acceptors (Lipinski definition) is 6. The first-order valence-corrected chi connectivity index (χ1v) is 10.9. The third-order valence-corrected chi connectivity index (χ3v) is 6.42. The smallest absolute Gasteiger partial charge is 0.262 e. The lowest BCUT2D eigenvalue weighted by atomic mass is 9.93. The van der Waals surface area contributed by atoms with Crippen molar-refractivity contribution in [2.45, 2.75) is 43.8 Å². The number of piperidine rings is 2. The van der Waals surface area contributed by atoms with Gasteiger partial charge >= 0.3 is 0 Å². The van der Waals surface area contributed by atoms with Crippen LogP contribution in [0.1, 0.15) is 58.0 Å². The summed E-state index contributed by atoms with van der Waals surface area (Å²) in [6.45, 7) is 0.878. The van der Waals surface area contributed by atoms with Crippen molar-refractivity contribution in [1.29, 1.82) is 0 Å². The normalized spacial score (nSPS) is 25.5. The number of benzene rings is 2. The molecule has 0 bridgehead atoms. The molecule has 2 saturated heterocycles. The minimum atomic E-state index is -0.951. The first-order chi connectivity index (χ1) is 15.5. The maximum atomic E-state index is 13.0. The van der Waals surface area contributed by atoms with Crippen molar-refractivity contribution in [3.05, 3.63) is 65.2 Å². The molecule has 3 heterocycles. The van der Waals surface area contributed by atoms with Gasteiger partial charge in [-0.25, -0.2) is 0 Å². The Bertz CT molecular complexity index is 1100. The topological polar surface area (TPSA) is 108 Å². The van der Waals surface area contributed by atoms with Crippen LogP contribution in [0.5, 0.6) is 0 Å². The lowest BCUT2D eigenvalue weighted by Crippen LogP contribution is -2.54. The highest BCUT2D eigenvalue weighted by Crippen LogP contribution is 2.31. The molecule has 2 fully saturated rings. The van der Waals surface area contributed by atoms with Crippen LogP contribution >= 0.6 is 0 Å². The predicted octanol–water partition coefficient (Wildman–Crippen LogP) is 1.99. The summed E-state index contributed by atoms with van der Waals surface area (Å²) in [6.07, 6.45) is 2.10. The number of hydrogen-bond donors (Lipinski definition) is 3. The van der Waals surface area contributed by atoms with Crippen LogP contribution in [0, 0.1) is 0 Å². The third kappa shape index (κ3) is 3.67. The Morgan fingerprint density at radius 1 is 0.906 bits per heavy atom. The van der Waals surface area contributed by atoms with Gasteiger partial charge in [-0.1, -0.05) is 30.3 Å². The fraction of sp³-hybridized carbons (Fsp3) is 0.333. The minimum Gasteiger partial charge on any atom is -0.382 e. The Labute approximate surface area is 185 Å². The SMILES string of the molecule is O=C1CCC(N2C(=O)c3ccc(NC4CCNC(c5ccccc5)C4)cc3C2=O)C(=O)N1. The Morgan fingerprint density at radius 2 is 1.69 bits per heavy atom. The fourth-order valence-electron chi connectivity index (χ4n) is 4.78. The van der Waals surface area contributed by atoms with Gasteiger partial charge in [-0.05, 0) is 49.6 Å². The van der Waals surface area contributed by atoms with Crippen LogP contribution in [0.3, 0.4) is 0 Å². The van der Waals surface area contributed by atoms with E-state index < -0.39 is 23.8 Å².